The Morgan fingerprint density at radius 3 is 2.85 bits per heavy atom. The summed E-state index contributed by atoms with van der Waals surface area (Å²) < 4.78 is 38.6. The minimum absolute atomic E-state index is 0.00890. The number of hydrogen-bond acceptors (Lipinski definition) is 2. The molecule has 1 N–H and O–H groups in total. The van der Waals surface area contributed by atoms with Gasteiger partial charge in [0.1, 0.15) is 5.66 Å². The number of nitrogens with zero attached hydrogens (tertiary/aromatic N) is 1. The summed E-state index contributed by atoms with van der Waals surface area (Å²) >= 11 is 0. The molecule has 0 aliphatic carbocycles. The molecule has 6 heteroatoms. The lowest BCUT2D eigenvalue weighted by Crippen LogP contribution is -2.58. The molecule has 2 saturated heterocycles. The lowest BCUT2D eigenvalue weighted by atomic mass is 9.92. The largest absolute Gasteiger partial charge is 0.416 e. The molecule has 1 amide bonds. The zero-order chi connectivity index (χ0) is 14.4. The Bertz CT molecular complexity index is 543. The van der Waals surface area contributed by atoms with Gasteiger partial charge in [0, 0.05) is 13.0 Å². The van der Waals surface area contributed by atoms with Crippen LogP contribution in [-0.2, 0) is 16.6 Å². The Balaban J connectivity index is 2.05. The number of carbonyl (C=O) groups is 1. The second kappa shape index (κ2) is 4.48. The van der Waals surface area contributed by atoms with Crippen LogP contribution in [0, 0.1) is 0 Å². The van der Waals surface area contributed by atoms with Gasteiger partial charge in [0.2, 0.25) is 5.91 Å². The Kier molecular flexibility index (Phi) is 3.01. The summed E-state index contributed by atoms with van der Waals surface area (Å²) in [5.74, 6) is 0.00890. The van der Waals surface area contributed by atoms with Crippen molar-refractivity contribution >= 4 is 5.91 Å². The van der Waals surface area contributed by atoms with Gasteiger partial charge in [0.15, 0.2) is 0 Å². The summed E-state index contributed by atoms with van der Waals surface area (Å²) in [5, 5.41) is 3.26. The summed E-state index contributed by atoms with van der Waals surface area (Å²) in [6, 6.07) is 5.29. The lowest BCUT2D eigenvalue weighted by Gasteiger charge is -2.43. The number of fused-ring (bicyclic) bond motifs is 1. The van der Waals surface area contributed by atoms with E-state index in [4.69, 9.17) is 0 Å². The van der Waals surface area contributed by atoms with Crippen LogP contribution in [0.2, 0.25) is 0 Å². The molecule has 0 saturated carbocycles. The van der Waals surface area contributed by atoms with Gasteiger partial charge in [-0.2, -0.15) is 13.2 Å². The highest BCUT2D eigenvalue weighted by molar-refractivity contribution is 5.80. The first-order valence-electron chi connectivity index (χ1n) is 6.67. The van der Waals surface area contributed by atoms with Crippen LogP contribution in [0.4, 0.5) is 13.2 Å². The second-order valence-corrected chi connectivity index (χ2v) is 5.26. The number of benzene rings is 1. The van der Waals surface area contributed by atoms with E-state index in [1.807, 2.05) is 0 Å². The molecule has 1 unspecified atom stereocenters. The number of alkyl halides is 3. The molecule has 1 atom stereocenters. The van der Waals surface area contributed by atoms with Gasteiger partial charge in [0.05, 0.1) is 5.56 Å². The maximum atomic E-state index is 12.9. The molecular weight excluding hydrogens is 269 g/mol. The van der Waals surface area contributed by atoms with Crippen molar-refractivity contribution in [2.75, 3.05) is 13.1 Å². The first-order valence-corrected chi connectivity index (χ1v) is 6.67. The predicted octanol–water partition coefficient (Wildman–Crippen LogP) is 2.47. The Morgan fingerprint density at radius 2 is 2.10 bits per heavy atom. The number of amides is 1. The fourth-order valence-electron chi connectivity index (χ4n) is 3.16. The molecule has 0 aromatic heterocycles. The SMILES string of the molecule is O=C1CCC2(c3cccc(C(F)(F)F)c3)NCCCN12. The molecule has 2 aliphatic rings. The first kappa shape index (κ1) is 13.4. The van der Waals surface area contributed by atoms with Crippen molar-refractivity contribution in [3.63, 3.8) is 0 Å². The summed E-state index contributed by atoms with van der Waals surface area (Å²) in [4.78, 5) is 13.6. The molecule has 1 aromatic rings. The lowest BCUT2D eigenvalue weighted by molar-refractivity contribution is -0.137. The van der Waals surface area contributed by atoms with Gasteiger partial charge >= 0.3 is 6.18 Å². The Morgan fingerprint density at radius 1 is 1.30 bits per heavy atom. The van der Waals surface area contributed by atoms with E-state index in [2.05, 4.69) is 5.32 Å². The zero-order valence-electron chi connectivity index (χ0n) is 10.8. The van der Waals surface area contributed by atoms with E-state index in [9.17, 15) is 18.0 Å². The van der Waals surface area contributed by atoms with Crippen LogP contribution >= 0.6 is 0 Å². The van der Waals surface area contributed by atoms with E-state index in [0.717, 1.165) is 18.6 Å². The fraction of sp³-hybridized carbons (Fsp3) is 0.500. The number of nitrogens with one attached hydrogen (secondary N) is 1. The fourth-order valence-corrected chi connectivity index (χ4v) is 3.16. The smallest absolute Gasteiger partial charge is 0.320 e. The Hall–Kier alpha value is -1.56. The van der Waals surface area contributed by atoms with Gasteiger partial charge < -0.3 is 4.90 Å². The highest BCUT2D eigenvalue weighted by Crippen LogP contribution is 2.41. The van der Waals surface area contributed by atoms with Crippen molar-refractivity contribution < 1.29 is 18.0 Å². The van der Waals surface area contributed by atoms with Crippen LogP contribution < -0.4 is 5.32 Å². The third-order valence-corrected chi connectivity index (χ3v) is 4.11. The maximum Gasteiger partial charge on any atom is 0.416 e. The van der Waals surface area contributed by atoms with E-state index in [-0.39, 0.29) is 5.91 Å². The number of rotatable bonds is 1. The summed E-state index contributed by atoms with van der Waals surface area (Å²) in [7, 11) is 0. The molecule has 1 aromatic carbocycles. The zero-order valence-corrected chi connectivity index (χ0v) is 10.8. The number of halogens is 3. The van der Waals surface area contributed by atoms with E-state index in [0.29, 0.717) is 31.5 Å². The average molecular weight is 284 g/mol. The quantitative estimate of drug-likeness (QED) is 0.859. The van der Waals surface area contributed by atoms with E-state index in [1.165, 1.54) is 6.07 Å². The van der Waals surface area contributed by atoms with Crippen molar-refractivity contribution in [1.82, 2.24) is 10.2 Å². The third-order valence-electron chi connectivity index (χ3n) is 4.11. The molecule has 2 heterocycles. The van der Waals surface area contributed by atoms with Gasteiger partial charge in [-0.25, -0.2) is 0 Å². The molecule has 2 aliphatic heterocycles. The van der Waals surface area contributed by atoms with Crippen molar-refractivity contribution in [2.24, 2.45) is 0 Å². The predicted molar refractivity (Wildman–Crippen MR) is 66.7 cm³/mol. The normalized spacial score (nSPS) is 26.8. The molecular formula is C14H15F3N2O. The summed E-state index contributed by atoms with van der Waals surface area (Å²) in [6.45, 7) is 1.31. The minimum atomic E-state index is -4.37. The van der Waals surface area contributed by atoms with Crippen LogP contribution in [0.25, 0.3) is 0 Å². The van der Waals surface area contributed by atoms with Crippen molar-refractivity contribution in [1.29, 1.82) is 0 Å². The van der Waals surface area contributed by atoms with Crippen molar-refractivity contribution in [3.05, 3.63) is 35.4 Å². The molecule has 108 valence electrons. The Labute approximate surface area is 114 Å². The monoisotopic (exact) mass is 284 g/mol. The highest BCUT2D eigenvalue weighted by atomic mass is 19.4. The van der Waals surface area contributed by atoms with Gasteiger partial charge in [-0.05, 0) is 37.1 Å². The van der Waals surface area contributed by atoms with Gasteiger partial charge in [-0.15, -0.1) is 0 Å². The van der Waals surface area contributed by atoms with Crippen LogP contribution in [-0.4, -0.2) is 23.9 Å². The standard InChI is InChI=1S/C14H15F3N2O/c15-14(16,17)11-4-1-3-10(9-11)13-6-5-12(20)19(13)8-2-7-18-13/h1,3-4,9,18H,2,5-8H2. The molecule has 3 rings (SSSR count). The molecule has 0 bridgehead atoms. The van der Waals surface area contributed by atoms with Gasteiger partial charge in [0.25, 0.3) is 0 Å². The van der Waals surface area contributed by atoms with Crippen LogP contribution in [0.5, 0.6) is 0 Å². The molecule has 3 nitrogen and oxygen atoms in total. The van der Waals surface area contributed by atoms with Crippen molar-refractivity contribution in [2.45, 2.75) is 31.1 Å². The number of hydrogen-bond donors (Lipinski definition) is 1. The highest BCUT2D eigenvalue weighted by Gasteiger charge is 2.48. The summed E-state index contributed by atoms with van der Waals surface area (Å²) in [6.07, 6.45) is -2.64. The third kappa shape index (κ3) is 1.98. The van der Waals surface area contributed by atoms with Gasteiger partial charge in [-0.1, -0.05) is 12.1 Å². The molecule has 0 spiro atoms. The second-order valence-electron chi connectivity index (χ2n) is 5.26. The molecule has 20 heavy (non-hydrogen) atoms. The first-order chi connectivity index (χ1) is 9.43. The molecule has 0 radical (unpaired) electrons. The minimum Gasteiger partial charge on any atom is -0.320 e. The maximum absolute atomic E-state index is 12.9. The van der Waals surface area contributed by atoms with Crippen LogP contribution in [0.1, 0.15) is 30.4 Å². The summed E-state index contributed by atoms with van der Waals surface area (Å²) in [5.41, 5.74) is -0.898. The van der Waals surface area contributed by atoms with E-state index in [1.54, 1.807) is 11.0 Å². The number of carbonyl (C=O) groups excluding carboxylic acids is 1. The average Bonchev–Trinajstić information content (AvgIpc) is 2.77. The van der Waals surface area contributed by atoms with Crippen LogP contribution in [0.3, 0.4) is 0 Å². The van der Waals surface area contributed by atoms with E-state index >= 15 is 0 Å². The van der Waals surface area contributed by atoms with Gasteiger partial charge in [-0.3, -0.25) is 10.1 Å². The van der Waals surface area contributed by atoms with Crippen LogP contribution in [0.15, 0.2) is 24.3 Å². The van der Waals surface area contributed by atoms with Crippen molar-refractivity contribution in [3.8, 4) is 0 Å². The topological polar surface area (TPSA) is 32.3 Å². The molecule has 2 fully saturated rings. The van der Waals surface area contributed by atoms with E-state index < -0.39 is 17.4 Å².